The molecule has 0 radical (unpaired) electrons. The minimum absolute atomic E-state index is 0.0905. The zero-order valence-corrected chi connectivity index (χ0v) is 9.14. The third-order valence-corrected chi connectivity index (χ3v) is 2.09. The van der Waals surface area contributed by atoms with Crippen molar-refractivity contribution in [3.63, 3.8) is 0 Å². The molecular formula is C12H15NO3. The molecule has 1 aromatic rings. The number of hydrogen-bond acceptors (Lipinski definition) is 4. The maximum absolute atomic E-state index is 10.7. The van der Waals surface area contributed by atoms with Gasteiger partial charge in [-0.15, -0.1) is 6.58 Å². The fourth-order valence-electron chi connectivity index (χ4n) is 1.32. The van der Waals surface area contributed by atoms with Crippen LogP contribution in [-0.2, 0) is 4.79 Å². The summed E-state index contributed by atoms with van der Waals surface area (Å²) in [6.45, 7) is 4.87. The summed E-state index contributed by atoms with van der Waals surface area (Å²) in [5.74, 6) is -0.423. The van der Waals surface area contributed by atoms with Gasteiger partial charge in [-0.1, -0.05) is 12.1 Å². The monoisotopic (exact) mass is 221 g/mol. The molecule has 0 aliphatic rings. The number of rotatable bonds is 4. The summed E-state index contributed by atoms with van der Waals surface area (Å²) < 4.78 is 4.79. The largest absolute Gasteiger partial charge is 0.504 e. The van der Waals surface area contributed by atoms with E-state index in [4.69, 9.17) is 10.5 Å². The molecule has 4 nitrogen and oxygen atoms in total. The molecule has 0 aliphatic heterocycles. The highest BCUT2D eigenvalue weighted by atomic mass is 16.5. The number of nitrogens with two attached hydrogens (primary N) is 1. The summed E-state index contributed by atoms with van der Waals surface area (Å²) in [4.78, 5) is 10.7. The van der Waals surface area contributed by atoms with E-state index >= 15 is 0 Å². The van der Waals surface area contributed by atoms with Crippen molar-refractivity contribution < 1.29 is 14.6 Å². The van der Waals surface area contributed by atoms with Crippen LogP contribution in [0.4, 0.5) is 0 Å². The molecule has 0 aliphatic carbocycles. The molecule has 0 bridgehead atoms. The lowest BCUT2D eigenvalue weighted by molar-refractivity contribution is -0.132. The number of phenols is 1. The number of carbonyl (C=O) groups excluding carboxylic acids is 1. The van der Waals surface area contributed by atoms with E-state index in [1.165, 1.54) is 19.1 Å². The number of aromatic hydroxyl groups is 1. The minimum atomic E-state index is -0.474. The standard InChI is InChI=1S/C12H15NO3/c1-3-4-10(13)9-5-6-12(11(15)7-9)16-8(2)14/h3,5-7,10,15H,1,4,13H2,2H3/t10-/m0/s1. The van der Waals surface area contributed by atoms with E-state index in [-0.39, 0.29) is 17.5 Å². The Morgan fingerprint density at radius 2 is 2.38 bits per heavy atom. The molecule has 4 heteroatoms. The molecule has 0 heterocycles. The molecule has 1 rings (SSSR count). The van der Waals surface area contributed by atoms with E-state index < -0.39 is 5.97 Å². The van der Waals surface area contributed by atoms with Crippen LogP contribution < -0.4 is 10.5 Å². The summed E-state index contributed by atoms with van der Waals surface area (Å²) in [5, 5.41) is 9.60. The Morgan fingerprint density at radius 1 is 1.69 bits per heavy atom. The molecule has 0 spiro atoms. The molecule has 86 valence electrons. The number of carbonyl (C=O) groups is 1. The van der Waals surface area contributed by atoms with Crippen LogP contribution in [0.2, 0.25) is 0 Å². The van der Waals surface area contributed by atoms with Gasteiger partial charge in [0.2, 0.25) is 0 Å². The molecule has 1 atom stereocenters. The first-order valence-electron chi connectivity index (χ1n) is 4.92. The van der Waals surface area contributed by atoms with E-state index in [1.807, 2.05) is 0 Å². The molecule has 16 heavy (non-hydrogen) atoms. The molecule has 0 fully saturated rings. The second-order valence-corrected chi connectivity index (χ2v) is 3.45. The first-order valence-corrected chi connectivity index (χ1v) is 4.92. The van der Waals surface area contributed by atoms with Crippen LogP contribution in [0, 0.1) is 0 Å². The highest BCUT2D eigenvalue weighted by Crippen LogP contribution is 2.29. The Kier molecular flexibility index (Phi) is 4.08. The molecule has 1 aromatic carbocycles. The Morgan fingerprint density at radius 3 is 2.88 bits per heavy atom. The first-order chi connectivity index (χ1) is 7.54. The Bertz CT molecular complexity index is 401. The average Bonchev–Trinajstić information content (AvgIpc) is 2.20. The number of esters is 1. The van der Waals surface area contributed by atoms with Gasteiger partial charge in [-0.3, -0.25) is 4.79 Å². The second kappa shape index (κ2) is 5.32. The predicted octanol–water partition coefficient (Wildman–Crippen LogP) is 1.89. The lowest BCUT2D eigenvalue weighted by Gasteiger charge is -2.11. The van der Waals surface area contributed by atoms with Crippen molar-refractivity contribution >= 4 is 5.97 Å². The summed E-state index contributed by atoms with van der Waals surface area (Å²) in [6, 6.07) is 4.52. The predicted molar refractivity (Wildman–Crippen MR) is 61.2 cm³/mol. The number of ether oxygens (including phenoxy) is 1. The lowest BCUT2D eigenvalue weighted by atomic mass is 10.0. The van der Waals surface area contributed by atoms with Gasteiger partial charge in [-0.2, -0.15) is 0 Å². The van der Waals surface area contributed by atoms with Gasteiger partial charge in [0.05, 0.1) is 0 Å². The Labute approximate surface area is 94.3 Å². The third kappa shape index (κ3) is 3.10. The maximum Gasteiger partial charge on any atom is 0.308 e. The van der Waals surface area contributed by atoms with E-state index in [1.54, 1.807) is 12.1 Å². The van der Waals surface area contributed by atoms with Gasteiger partial charge < -0.3 is 15.6 Å². The average molecular weight is 221 g/mol. The minimum Gasteiger partial charge on any atom is -0.504 e. The lowest BCUT2D eigenvalue weighted by Crippen LogP contribution is -2.09. The van der Waals surface area contributed by atoms with Crippen LogP contribution in [-0.4, -0.2) is 11.1 Å². The number of hydrogen-bond donors (Lipinski definition) is 2. The van der Waals surface area contributed by atoms with E-state index in [0.717, 1.165) is 5.56 Å². The van der Waals surface area contributed by atoms with Crippen molar-refractivity contribution in [1.82, 2.24) is 0 Å². The molecule has 0 saturated heterocycles. The molecule has 0 amide bonds. The highest BCUT2D eigenvalue weighted by Gasteiger charge is 2.09. The van der Waals surface area contributed by atoms with E-state index in [2.05, 4.69) is 6.58 Å². The molecule has 3 N–H and O–H groups in total. The van der Waals surface area contributed by atoms with Crippen molar-refractivity contribution in [3.05, 3.63) is 36.4 Å². The van der Waals surface area contributed by atoms with Gasteiger partial charge in [0.25, 0.3) is 0 Å². The highest BCUT2D eigenvalue weighted by molar-refractivity contribution is 5.70. The Balaban J connectivity index is 2.89. The molecular weight excluding hydrogens is 206 g/mol. The normalized spacial score (nSPS) is 11.9. The van der Waals surface area contributed by atoms with Gasteiger partial charge in [-0.25, -0.2) is 0 Å². The van der Waals surface area contributed by atoms with Crippen LogP contribution in [0.5, 0.6) is 11.5 Å². The third-order valence-electron chi connectivity index (χ3n) is 2.09. The van der Waals surface area contributed by atoms with Crippen molar-refractivity contribution in [2.75, 3.05) is 0 Å². The molecule has 0 aromatic heterocycles. The second-order valence-electron chi connectivity index (χ2n) is 3.45. The number of benzene rings is 1. The summed E-state index contributed by atoms with van der Waals surface area (Å²) >= 11 is 0. The van der Waals surface area contributed by atoms with Crippen LogP contribution in [0.1, 0.15) is 24.9 Å². The first kappa shape index (κ1) is 12.3. The molecule has 0 saturated carbocycles. The van der Waals surface area contributed by atoms with Crippen molar-refractivity contribution in [2.24, 2.45) is 5.73 Å². The summed E-state index contributed by atoms with van der Waals surface area (Å²) in [7, 11) is 0. The van der Waals surface area contributed by atoms with Gasteiger partial charge in [0, 0.05) is 13.0 Å². The van der Waals surface area contributed by atoms with Crippen molar-refractivity contribution in [1.29, 1.82) is 0 Å². The van der Waals surface area contributed by atoms with Gasteiger partial charge in [-0.05, 0) is 24.1 Å². The smallest absolute Gasteiger partial charge is 0.308 e. The fraction of sp³-hybridized carbons (Fsp3) is 0.250. The zero-order valence-electron chi connectivity index (χ0n) is 9.14. The van der Waals surface area contributed by atoms with Gasteiger partial charge >= 0.3 is 5.97 Å². The fourth-order valence-corrected chi connectivity index (χ4v) is 1.32. The van der Waals surface area contributed by atoms with Crippen LogP contribution in [0.25, 0.3) is 0 Å². The van der Waals surface area contributed by atoms with Crippen molar-refractivity contribution in [2.45, 2.75) is 19.4 Å². The van der Waals surface area contributed by atoms with Gasteiger partial charge in [0.15, 0.2) is 11.5 Å². The quantitative estimate of drug-likeness (QED) is 0.462. The maximum atomic E-state index is 10.7. The topological polar surface area (TPSA) is 72.5 Å². The van der Waals surface area contributed by atoms with Crippen LogP contribution in [0.15, 0.2) is 30.9 Å². The van der Waals surface area contributed by atoms with Crippen molar-refractivity contribution in [3.8, 4) is 11.5 Å². The zero-order chi connectivity index (χ0) is 12.1. The van der Waals surface area contributed by atoms with E-state index in [9.17, 15) is 9.90 Å². The summed E-state index contributed by atoms with van der Waals surface area (Å²) in [6.07, 6.45) is 2.33. The summed E-state index contributed by atoms with van der Waals surface area (Å²) in [5.41, 5.74) is 6.61. The number of phenolic OH excluding ortho intramolecular Hbond substituents is 1. The van der Waals surface area contributed by atoms with E-state index in [0.29, 0.717) is 6.42 Å². The van der Waals surface area contributed by atoms with Gasteiger partial charge in [0.1, 0.15) is 0 Å². The molecule has 0 unspecified atom stereocenters. The van der Waals surface area contributed by atoms with Crippen LogP contribution >= 0.6 is 0 Å². The Hall–Kier alpha value is -1.81. The SMILES string of the molecule is C=CC[C@H](N)c1ccc(OC(C)=O)c(O)c1. The van der Waals surface area contributed by atoms with Crippen LogP contribution in [0.3, 0.4) is 0 Å².